The van der Waals surface area contributed by atoms with E-state index >= 15 is 0 Å². The van der Waals surface area contributed by atoms with Crippen molar-refractivity contribution in [1.82, 2.24) is 9.97 Å². The van der Waals surface area contributed by atoms with Crippen molar-refractivity contribution in [2.45, 2.75) is 19.4 Å². The molecule has 0 bridgehead atoms. The molecule has 1 saturated heterocycles. The highest BCUT2D eigenvalue weighted by Gasteiger charge is 2.31. The summed E-state index contributed by atoms with van der Waals surface area (Å²) in [6, 6.07) is 3.56. The van der Waals surface area contributed by atoms with Gasteiger partial charge in [-0.3, -0.25) is 4.79 Å². The van der Waals surface area contributed by atoms with Gasteiger partial charge < -0.3 is 20.7 Å². The molecule has 1 aliphatic heterocycles. The van der Waals surface area contributed by atoms with E-state index in [0.29, 0.717) is 22.5 Å². The maximum atomic E-state index is 11.7. The first-order chi connectivity index (χ1) is 9.61. The molecule has 1 aliphatic rings. The van der Waals surface area contributed by atoms with Gasteiger partial charge in [0.05, 0.1) is 41.3 Å². The van der Waals surface area contributed by atoms with Crippen LogP contribution in [0.25, 0.3) is 10.9 Å². The zero-order chi connectivity index (χ0) is 14.3. The second kappa shape index (κ2) is 4.79. The summed E-state index contributed by atoms with van der Waals surface area (Å²) in [6.45, 7) is 3.08. The van der Waals surface area contributed by atoms with Crippen LogP contribution < -0.4 is 16.2 Å². The highest BCUT2D eigenvalue weighted by atomic mass is 16.3. The fourth-order valence-corrected chi connectivity index (χ4v) is 2.96. The lowest BCUT2D eigenvalue weighted by Gasteiger charge is -2.28. The summed E-state index contributed by atoms with van der Waals surface area (Å²) in [5.41, 5.74) is 7.91. The normalized spacial score (nSPS) is 22.6. The van der Waals surface area contributed by atoms with Crippen LogP contribution in [-0.4, -0.2) is 34.3 Å². The van der Waals surface area contributed by atoms with E-state index in [1.807, 2.05) is 6.07 Å². The van der Waals surface area contributed by atoms with E-state index in [0.717, 1.165) is 18.7 Å². The Morgan fingerprint density at radius 2 is 2.35 bits per heavy atom. The number of nitrogens with zero attached hydrogens (tertiary/aromatic N) is 2. The van der Waals surface area contributed by atoms with Crippen molar-refractivity contribution in [2.75, 3.05) is 23.8 Å². The van der Waals surface area contributed by atoms with Gasteiger partial charge in [-0.05, 0) is 24.5 Å². The zero-order valence-electron chi connectivity index (χ0n) is 11.3. The molecule has 2 unspecified atom stereocenters. The summed E-state index contributed by atoms with van der Waals surface area (Å²) < 4.78 is 0. The Balaban J connectivity index is 2.13. The highest BCUT2D eigenvalue weighted by Crippen LogP contribution is 2.34. The molecule has 4 N–H and O–H groups in total. The molecule has 20 heavy (non-hydrogen) atoms. The Labute approximate surface area is 116 Å². The summed E-state index contributed by atoms with van der Waals surface area (Å²) in [7, 11) is 0. The number of fused-ring (bicyclic) bond motifs is 1. The predicted octanol–water partition coefficient (Wildman–Crippen LogP) is 0.712. The molecule has 106 valence electrons. The van der Waals surface area contributed by atoms with E-state index in [1.54, 1.807) is 6.07 Å². The fourth-order valence-electron chi connectivity index (χ4n) is 2.96. The number of benzene rings is 1. The van der Waals surface area contributed by atoms with Crippen LogP contribution in [0.2, 0.25) is 0 Å². The summed E-state index contributed by atoms with van der Waals surface area (Å²) in [5, 5.41) is 10.1. The number of nitrogens with two attached hydrogens (primary N) is 1. The largest absolute Gasteiger partial charge is 0.397 e. The van der Waals surface area contributed by atoms with E-state index in [2.05, 4.69) is 21.8 Å². The molecule has 3 rings (SSSR count). The lowest BCUT2D eigenvalue weighted by molar-refractivity contribution is 0.245. The highest BCUT2D eigenvalue weighted by molar-refractivity contribution is 5.88. The molecule has 0 spiro atoms. The van der Waals surface area contributed by atoms with Crippen molar-refractivity contribution in [3.05, 3.63) is 28.8 Å². The Kier molecular flexibility index (Phi) is 3.10. The Morgan fingerprint density at radius 3 is 3.10 bits per heavy atom. The van der Waals surface area contributed by atoms with Gasteiger partial charge in [-0.25, -0.2) is 4.98 Å². The third kappa shape index (κ3) is 1.92. The molecule has 1 aromatic heterocycles. The Bertz CT molecular complexity index is 697. The van der Waals surface area contributed by atoms with Gasteiger partial charge in [0.2, 0.25) is 0 Å². The number of aliphatic hydroxyl groups is 1. The molecule has 2 atom stereocenters. The SMILES string of the molecule is CC1CCN(c2cc3nc[nH]c(=O)c3cc2N)C1CO. The number of aromatic amines is 1. The summed E-state index contributed by atoms with van der Waals surface area (Å²) in [4.78, 5) is 20.6. The molecular formula is C14H18N4O2. The minimum atomic E-state index is -0.193. The monoisotopic (exact) mass is 274 g/mol. The summed E-state index contributed by atoms with van der Waals surface area (Å²) in [5.74, 6) is 0.419. The van der Waals surface area contributed by atoms with Crippen LogP contribution >= 0.6 is 0 Å². The van der Waals surface area contributed by atoms with Gasteiger partial charge in [0, 0.05) is 6.54 Å². The predicted molar refractivity (Wildman–Crippen MR) is 78.8 cm³/mol. The number of nitrogens with one attached hydrogen (secondary N) is 1. The van der Waals surface area contributed by atoms with Gasteiger partial charge in [-0.2, -0.15) is 0 Å². The van der Waals surface area contributed by atoms with Crippen molar-refractivity contribution >= 4 is 22.3 Å². The molecule has 2 heterocycles. The van der Waals surface area contributed by atoms with Gasteiger partial charge in [0.15, 0.2) is 0 Å². The number of rotatable bonds is 2. The van der Waals surface area contributed by atoms with Crippen molar-refractivity contribution < 1.29 is 5.11 Å². The van der Waals surface area contributed by atoms with E-state index in [4.69, 9.17) is 5.73 Å². The first-order valence-corrected chi connectivity index (χ1v) is 6.76. The standard InChI is InChI=1S/C14H18N4O2/c1-8-2-3-18(13(8)6-19)12-5-11-9(4-10(12)15)14(20)17-7-16-11/h4-5,7-8,13,19H,2-3,6,15H2,1H3,(H,16,17,20). The van der Waals surface area contributed by atoms with Crippen molar-refractivity contribution in [3.63, 3.8) is 0 Å². The first-order valence-electron chi connectivity index (χ1n) is 6.76. The summed E-state index contributed by atoms with van der Waals surface area (Å²) >= 11 is 0. The minimum absolute atomic E-state index is 0.0664. The number of hydrogen-bond donors (Lipinski definition) is 3. The summed E-state index contributed by atoms with van der Waals surface area (Å²) in [6.07, 6.45) is 2.41. The Morgan fingerprint density at radius 1 is 1.55 bits per heavy atom. The molecule has 1 aromatic carbocycles. The van der Waals surface area contributed by atoms with Crippen LogP contribution in [0.1, 0.15) is 13.3 Å². The number of aliphatic hydroxyl groups excluding tert-OH is 1. The van der Waals surface area contributed by atoms with Gasteiger partial charge in [0.1, 0.15) is 0 Å². The number of H-pyrrole nitrogens is 1. The number of nitrogen functional groups attached to an aromatic ring is 1. The molecule has 2 aromatic rings. The van der Waals surface area contributed by atoms with E-state index < -0.39 is 0 Å². The first kappa shape index (κ1) is 12.9. The number of aromatic nitrogens is 2. The molecule has 6 heteroatoms. The average Bonchev–Trinajstić information content (AvgIpc) is 2.80. The van der Waals surface area contributed by atoms with Crippen LogP contribution in [0.4, 0.5) is 11.4 Å². The second-order valence-electron chi connectivity index (χ2n) is 5.37. The molecular weight excluding hydrogens is 256 g/mol. The molecule has 1 fully saturated rings. The maximum Gasteiger partial charge on any atom is 0.258 e. The zero-order valence-corrected chi connectivity index (χ0v) is 11.3. The van der Waals surface area contributed by atoms with Crippen LogP contribution in [0.5, 0.6) is 0 Å². The second-order valence-corrected chi connectivity index (χ2v) is 5.37. The molecule has 0 radical (unpaired) electrons. The lowest BCUT2D eigenvalue weighted by atomic mass is 10.0. The van der Waals surface area contributed by atoms with Gasteiger partial charge in [-0.1, -0.05) is 6.92 Å². The Hall–Kier alpha value is -2.08. The van der Waals surface area contributed by atoms with Crippen LogP contribution in [0, 0.1) is 5.92 Å². The van der Waals surface area contributed by atoms with Gasteiger partial charge in [-0.15, -0.1) is 0 Å². The number of anilines is 2. The molecule has 0 amide bonds. The molecule has 0 saturated carbocycles. The van der Waals surface area contributed by atoms with E-state index in [1.165, 1.54) is 6.33 Å². The average molecular weight is 274 g/mol. The quantitative estimate of drug-likeness (QED) is 0.701. The molecule has 6 nitrogen and oxygen atoms in total. The lowest BCUT2D eigenvalue weighted by Crippen LogP contribution is -2.35. The van der Waals surface area contributed by atoms with Crippen molar-refractivity contribution in [2.24, 2.45) is 5.92 Å². The van der Waals surface area contributed by atoms with Crippen LogP contribution in [0.3, 0.4) is 0 Å². The minimum Gasteiger partial charge on any atom is -0.397 e. The van der Waals surface area contributed by atoms with Crippen LogP contribution in [-0.2, 0) is 0 Å². The number of hydrogen-bond acceptors (Lipinski definition) is 5. The maximum absolute atomic E-state index is 11.7. The van der Waals surface area contributed by atoms with Gasteiger partial charge in [0.25, 0.3) is 5.56 Å². The van der Waals surface area contributed by atoms with Crippen molar-refractivity contribution in [1.29, 1.82) is 0 Å². The van der Waals surface area contributed by atoms with Crippen molar-refractivity contribution in [3.8, 4) is 0 Å². The van der Waals surface area contributed by atoms with Gasteiger partial charge >= 0.3 is 0 Å². The van der Waals surface area contributed by atoms with E-state index in [-0.39, 0.29) is 18.2 Å². The van der Waals surface area contributed by atoms with E-state index in [9.17, 15) is 9.90 Å². The van der Waals surface area contributed by atoms with Crippen LogP contribution in [0.15, 0.2) is 23.3 Å². The fraction of sp³-hybridized carbons (Fsp3) is 0.429. The third-order valence-corrected chi connectivity index (χ3v) is 4.17. The smallest absolute Gasteiger partial charge is 0.258 e. The third-order valence-electron chi connectivity index (χ3n) is 4.17. The topological polar surface area (TPSA) is 95.2 Å². The molecule has 0 aliphatic carbocycles.